The number of hydrogen-bond acceptors (Lipinski definition) is 3. The molecule has 0 saturated heterocycles. The monoisotopic (exact) mass is 373 g/mol. The fourth-order valence-electron chi connectivity index (χ4n) is 3.10. The largest absolute Gasteiger partial charge is 0.321 e. The highest BCUT2D eigenvalue weighted by Crippen LogP contribution is 2.24. The maximum absolute atomic E-state index is 13.5. The summed E-state index contributed by atoms with van der Waals surface area (Å²) in [6, 6.07) is 14.7. The maximum atomic E-state index is 13.5. The van der Waals surface area contributed by atoms with Gasteiger partial charge in [0.1, 0.15) is 5.82 Å². The minimum Gasteiger partial charge on any atom is -0.321 e. The number of nitrogens with zero attached hydrogens (tertiary/aromatic N) is 2. The third kappa shape index (κ3) is 3.51. The van der Waals surface area contributed by atoms with Crippen LogP contribution in [0.3, 0.4) is 0 Å². The molecule has 28 heavy (non-hydrogen) atoms. The molecule has 142 valence electrons. The number of carbonyl (C=O) groups excluding carboxylic acids is 1. The summed E-state index contributed by atoms with van der Waals surface area (Å²) in [5.41, 5.74) is 1.95. The van der Waals surface area contributed by atoms with Gasteiger partial charge in [-0.15, -0.1) is 0 Å². The summed E-state index contributed by atoms with van der Waals surface area (Å²) in [6.45, 7) is 9.42. The Morgan fingerprint density at radius 3 is 2.46 bits per heavy atom. The van der Waals surface area contributed by atoms with E-state index >= 15 is 0 Å². The zero-order valence-electron chi connectivity index (χ0n) is 16.3. The Balaban J connectivity index is 2.28. The van der Waals surface area contributed by atoms with Gasteiger partial charge in [-0.25, -0.2) is 4.98 Å². The van der Waals surface area contributed by atoms with E-state index in [1.165, 1.54) is 6.08 Å². The number of nitrogens with one attached hydrogen (secondary N) is 1. The molecule has 0 unspecified atom stereocenters. The summed E-state index contributed by atoms with van der Waals surface area (Å²) in [5, 5.41) is 3.20. The molecule has 1 amide bonds. The van der Waals surface area contributed by atoms with E-state index in [4.69, 9.17) is 4.98 Å². The molecule has 1 N–H and O–H groups in total. The molecule has 5 nitrogen and oxygen atoms in total. The molecule has 0 saturated carbocycles. The van der Waals surface area contributed by atoms with Crippen LogP contribution in [0.2, 0.25) is 0 Å². The van der Waals surface area contributed by atoms with Crippen LogP contribution in [0, 0.1) is 0 Å². The zero-order chi connectivity index (χ0) is 20.3. The molecule has 1 aromatic heterocycles. The lowest BCUT2D eigenvalue weighted by atomic mass is 10.1. The van der Waals surface area contributed by atoms with Crippen molar-refractivity contribution in [3.05, 3.63) is 89.0 Å². The quantitative estimate of drug-likeness (QED) is 0.526. The lowest BCUT2D eigenvalue weighted by Crippen LogP contribution is -2.26. The molecule has 0 fully saturated rings. The predicted octanol–water partition coefficient (Wildman–Crippen LogP) is 4.58. The van der Waals surface area contributed by atoms with Gasteiger partial charge in [-0.1, -0.05) is 56.8 Å². The summed E-state index contributed by atoms with van der Waals surface area (Å²) >= 11 is 0. The van der Waals surface area contributed by atoms with Crippen LogP contribution >= 0.6 is 0 Å². The SMILES string of the molecule is C=C/C(=C\C)C(=O)Nc1cccc2nc(C(C)C)n(-c3ccccc3)c(=O)c12. The number of rotatable bonds is 5. The van der Waals surface area contributed by atoms with Crippen molar-refractivity contribution < 1.29 is 4.79 Å². The molecule has 0 atom stereocenters. The number of allylic oxidation sites excluding steroid dienone is 1. The van der Waals surface area contributed by atoms with E-state index < -0.39 is 0 Å². The highest BCUT2D eigenvalue weighted by atomic mass is 16.2. The Morgan fingerprint density at radius 1 is 1.14 bits per heavy atom. The summed E-state index contributed by atoms with van der Waals surface area (Å²) in [5.74, 6) is 0.405. The number of aromatic nitrogens is 2. The Labute approximate surface area is 164 Å². The van der Waals surface area contributed by atoms with Crippen LogP contribution in [0.4, 0.5) is 5.69 Å². The third-order valence-electron chi connectivity index (χ3n) is 4.50. The van der Waals surface area contributed by atoms with E-state index in [1.807, 2.05) is 44.2 Å². The Morgan fingerprint density at radius 2 is 1.86 bits per heavy atom. The van der Waals surface area contributed by atoms with Gasteiger partial charge in [-0.3, -0.25) is 14.2 Å². The van der Waals surface area contributed by atoms with Crippen molar-refractivity contribution in [1.82, 2.24) is 9.55 Å². The number of amides is 1. The summed E-state index contributed by atoms with van der Waals surface area (Å²) in [7, 11) is 0. The van der Waals surface area contributed by atoms with Crippen LogP contribution in [-0.2, 0) is 4.79 Å². The van der Waals surface area contributed by atoms with Crippen LogP contribution in [0.15, 0.2) is 77.6 Å². The van der Waals surface area contributed by atoms with Gasteiger partial charge >= 0.3 is 0 Å². The van der Waals surface area contributed by atoms with E-state index in [0.29, 0.717) is 28.0 Å². The molecule has 0 aliphatic heterocycles. The molecule has 0 radical (unpaired) electrons. The standard InChI is InChI=1S/C23H23N3O2/c1-5-16(6-2)22(27)25-19-14-10-13-18-20(19)23(28)26(21(24-18)15(3)4)17-11-8-7-9-12-17/h5-15H,1H2,2-4H3,(H,25,27)/b16-6+. The highest BCUT2D eigenvalue weighted by Gasteiger charge is 2.18. The molecular formula is C23H23N3O2. The lowest BCUT2D eigenvalue weighted by Gasteiger charge is -2.17. The van der Waals surface area contributed by atoms with Gasteiger partial charge in [0.25, 0.3) is 11.5 Å². The van der Waals surface area contributed by atoms with Crippen molar-refractivity contribution in [2.24, 2.45) is 0 Å². The van der Waals surface area contributed by atoms with Crippen molar-refractivity contribution in [3.63, 3.8) is 0 Å². The van der Waals surface area contributed by atoms with E-state index in [2.05, 4.69) is 11.9 Å². The van der Waals surface area contributed by atoms with E-state index in [1.54, 1.807) is 35.8 Å². The third-order valence-corrected chi connectivity index (χ3v) is 4.50. The number of benzene rings is 2. The van der Waals surface area contributed by atoms with Crippen molar-refractivity contribution in [2.75, 3.05) is 5.32 Å². The van der Waals surface area contributed by atoms with Gasteiger partial charge in [0.15, 0.2) is 0 Å². The van der Waals surface area contributed by atoms with Gasteiger partial charge < -0.3 is 5.32 Å². The molecular weight excluding hydrogens is 350 g/mol. The molecule has 3 aromatic rings. The van der Waals surface area contributed by atoms with Crippen molar-refractivity contribution in [3.8, 4) is 5.69 Å². The minimum absolute atomic E-state index is 0.0472. The molecule has 5 heteroatoms. The molecule has 0 spiro atoms. The molecule has 2 aromatic carbocycles. The fraction of sp³-hybridized carbons (Fsp3) is 0.174. The summed E-state index contributed by atoms with van der Waals surface area (Å²) in [4.78, 5) is 30.7. The van der Waals surface area contributed by atoms with Crippen LogP contribution < -0.4 is 10.9 Å². The van der Waals surface area contributed by atoms with Gasteiger partial charge in [-0.2, -0.15) is 0 Å². The van der Waals surface area contributed by atoms with E-state index in [-0.39, 0.29) is 17.4 Å². The van der Waals surface area contributed by atoms with Crippen molar-refractivity contribution in [1.29, 1.82) is 0 Å². The summed E-state index contributed by atoms with van der Waals surface area (Å²) < 4.78 is 1.62. The Kier molecular flexibility index (Phi) is 5.54. The number of carbonyl (C=O) groups is 1. The molecule has 1 heterocycles. The first-order valence-electron chi connectivity index (χ1n) is 9.19. The van der Waals surface area contributed by atoms with Gasteiger partial charge in [-0.05, 0) is 31.2 Å². The second-order valence-corrected chi connectivity index (χ2v) is 6.70. The van der Waals surface area contributed by atoms with Crippen LogP contribution in [0.5, 0.6) is 0 Å². The topological polar surface area (TPSA) is 64.0 Å². The summed E-state index contributed by atoms with van der Waals surface area (Å²) in [6.07, 6.45) is 3.16. The molecule has 0 aliphatic rings. The first kappa shape index (κ1) is 19.3. The van der Waals surface area contributed by atoms with E-state index in [0.717, 1.165) is 5.69 Å². The second-order valence-electron chi connectivity index (χ2n) is 6.70. The fourth-order valence-corrected chi connectivity index (χ4v) is 3.10. The first-order chi connectivity index (χ1) is 13.5. The van der Waals surface area contributed by atoms with Gasteiger partial charge in [0, 0.05) is 11.5 Å². The smallest absolute Gasteiger partial charge is 0.268 e. The number of hydrogen-bond donors (Lipinski definition) is 1. The second kappa shape index (κ2) is 8.05. The Hall–Kier alpha value is -3.47. The van der Waals surface area contributed by atoms with E-state index in [9.17, 15) is 9.59 Å². The van der Waals surface area contributed by atoms with Crippen LogP contribution in [-0.4, -0.2) is 15.5 Å². The zero-order valence-corrected chi connectivity index (χ0v) is 16.3. The Bertz CT molecular complexity index is 1130. The molecule has 0 bridgehead atoms. The average Bonchev–Trinajstić information content (AvgIpc) is 2.69. The number of anilines is 1. The molecule has 3 rings (SSSR count). The predicted molar refractivity (Wildman–Crippen MR) is 114 cm³/mol. The molecule has 0 aliphatic carbocycles. The normalized spacial score (nSPS) is 11.6. The van der Waals surface area contributed by atoms with Gasteiger partial charge in [0.2, 0.25) is 0 Å². The average molecular weight is 373 g/mol. The lowest BCUT2D eigenvalue weighted by molar-refractivity contribution is -0.112. The van der Waals surface area contributed by atoms with Gasteiger partial charge in [0.05, 0.1) is 22.3 Å². The van der Waals surface area contributed by atoms with Crippen molar-refractivity contribution in [2.45, 2.75) is 26.7 Å². The van der Waals surface area contributed by atoms with Crippen molar-refractivity contribution >= 4 is 22.5 Å². The van der Waals surface area contributed by atoms with Crippen LogP contribution in [0.1, 0.15) is 32.5 Å². The maximum Gasteiger partial charge on any atom is 0.268 e. The highest BCUT2D eigenvalue weighted by molar-refractivity contribution is 6.09. The first-order valence-corrected chi connectivity index (χ1v) is 9.19. The minimum atomic E-state index is -0.316. The van der Waals surface area contributed by atoms with Crippen LogP contribution in [0.25, 0.3) is 16.6 Å². The number of para-hydroxylation sites is 1. The number of fused-ring (bicyclic) bond motifs is 1.